The summed E-state index contributed by atoms with van der Waals surface area (Å²) in [5.41, 5.74) is 0. The summed E-state index contributed by atoms with van der Waals surface area (Å²) >= 11 is 0. The number of alkyl halides is 3. The topological polar surface area (TPSA) is 21.3 Å². The maximum absolute atomic E-state index is 12.2. The van der Waals surface area contributed by atoms with Crippen molar-refractivity contribution in [1.82, 2.24) is 5.32 Å². The third-order valence-electron chi connectivity index (χ3n) is 4.43. The van der Waals surface area contributed by atoms with Gasteiger partial charge in [-0.3, -0.25) is 0 Å². The van der Waals surface area contributed by atoms with Gasteiger partial charge in [-0.1, -0.05) is 27.2 Å². The molecule has 1 aliphatic carbocycles. The van der Waals surface area contributed by atoms with Gasteiger partial charge in [-0.15, -0.1) is 0 Å². The van der Waals surface area contributed by atoms with Crippen LogP contribution in [0.5, 0.6) is 0 Å². The monoisotopic (exact) mass is 295 g/mol. The molecule has 0 amide bonds. The van der Waals surface area contributed by atoms with Crippen LogP contribution in [0.1, 0.15) is 46.5 Å². The molecule has 1 saturated carbocycles. The van der Waals surface area contributed by atoms with Crippen LogP contribution in [0.4, 0.5) is 13.2 Å². The molecule has 5 heteroatoms. The highest BCUT2D eigenvalue weighted by Crippen LogP contribution is 2.35. The van der Waals surface area contributed by atoms with Crippen molar-refractivity contribution in [2.45, 2.75) is 58.7 Å². The van der Waals surface area contributed by atoms with Gasteiger partial charge in [-0.05, 0) is 43.6 Å². The molecule has 0 radical (unpaired) electrons. The van der Waals surface area contributed by atoms with E-state index in [0.717, 1.165) is 32.2 Å². The largest absolute Gasteiger partial charge is 0.411 e. The highest BCUT2D eigenvalue weighted by atomic mass is 19.4. The molecular formula is C15H28F3NO. The van der Waals surface area contributed by atoms with Gasteiger partial charge in [0.15, 0.2) is 0 Å². The number of nitrogens with one attached hydrogen (secondary N) is 1. The van der Waals surface area contributed by atoms with Gasteiger partial charge in [0.25, 0.3) is 0 Å². The summed E-state index contributed by atoms with van der Waals surface area (Å²) in [4.78, 5) is 0. The lowest BCUT2D eigenvalue weighted by atomic mass is 9.73. The van der Waals surface area contributed by atoms with Crippen molar-refractivity contribution in [2.24, 2.45) is 17.8 Å². The summed E-state index contributed by atoms with van der Waals surface area (Å²) in [6, 6.07) is 0.0484. The minimum absolute atomic E-state index is 0.0484. The van der Waals surface area contributed by atoms with Gasteiger partial charge in [-0.2, -0.15) is 13.2 Å². The van der Waals surface area contributed by atoms with Gasteiger partial charge in [0.2, 0.25) is 0 Å². The van der Waals surface area contributed by atoms with E-state index in [0.29, 0.717) is 17.8 Å². The molecule has 0 heterocycles. The normalized spacial score (nSPS) is 29.4. The maximum atomic E-state index is 12.2. The predicted molar refractivity (Wildman–Crippen MR) is 74.6 cm³/mol. The van der Waals surface area contributed by atoms with Crippen LogP contribution in [-0.4, -0.2) is 32.0 Å². The standard InChI is InChI=1S/C15H28F3NO/c1-4-7-19-14(9-20-10-15(16,17)18)13-6-5-11(2)12(3)8-13/h11-14,19H,4-10H2,1-3H3. The van der Waals surface area contributed by atoms with Crippen LogP contribution in [0.25, 0.3) is 0 Å². The van der Waals surface area contributed by atoms with Crippen molar-refractivity contribution in [2.75, 3.05) is 19.8 Å². The zero-order chi connectivity index (χ0) is 15.2. The van der Waals surface area contributed by atoms with Crippen molar-refractivity contribution >= 4 is 0 Å². The summed E-state index contributed by atoms with van der Waals surface area (Å²) in [6.07, 6.45) is 0.0771. The maximum Gasteiger partial charge on any atom is 0.411 e. The summed E-state index contributed by atoms with van der Waals surface area (Å²) in [6.45, 7) is 6.41. The zero-order valence-electron chi connectivity index (χ0n) is 12.8. The Morgan fingerprint density at radius 3 is 2.45 bits per heavy atom. The molecule has 20 heavy (non-hydrogen) atoms. The lowest BCUT2D eigenvalue weighted by Crippen LogP contribution is -2.43. The molecule has 4 atom stereocenters. The first-order valence-corrected chi connectivity index (χ1v) is 7.71. The average molecular weight is 295 g/mol. The molecule has 0 bridgehead atoms. The number of halogens is 3. The van der Waals surface area contributed by atoms with Gasteiger partial charge in [0.1, 0.15) is 6.61 Å². The third kappa shape index (κ3) is 6.44. The predicted octanol–water partition coefficient (Wildman–Crippen LogP) is 4.01. The molecule has 1 fully saturated rings. The first-order chi connectivity index (χ1) is 9.33. The molecule has 0 aromatic heterocycles. The Morgan fingerprint density at radius 1 is 1.20 bits per heavy atom. The van der Waals surface area contributed by atoms with E-state index in [1.165, 1.54) is 0 Å². The van der Waals surface area contributed by atoms with Crippen LogP contribution < -0.4 is 5.32 Å². The zero-order valence-corrected chi connectivity index (χ0v) is 12.8. The number of hydrogen-bond acceptors (Lipinski definition) is 2. The van der Waals surface area contributed by atoms with E-state index < -0.39 is 12.8 Å². The Hall–Kier alpha value is -0.290. The van der Waals surface area contributed by atoms with Gasteiger partial charge < -0.3 is 10.1 Å². The van der Waals surface area contributed by atoms with E-state index in [-0.39, 0.29) is 12.6 Å². The molecule has 0 aromatic rings. The van der Waals surface area contributed by atoms with Crippen molar-refractivity contribution in [3.8, 4) is 0 Å². The Morgan fingerprint density at radius 2 is 1.90 bits per heavy atom. The molecule has 1 N–H and O–H groups in total. The third-order valence-corrected chi connectivity index (χ3v) is 4.43. The Bertz CT molecular complexity index is 270. The Kier molecular flexibility index (Phi) is 7.30. The molecule has 1 aliphatic rings. The van der Waals surface area contributed by atoms with E-state index in [2.05, 4.69) is 26.1 Å². The second kappa shape index (κ2) is 8.23. The molecule has 2 nitrogen and oxygen atoms in total. The van der Waals surface area contributed by atoms with Crippen LogP contribution in [0.3, 0.4) is 0 Å². The quantitative estimate of drug-likeness (QED) is 0.766. The molecule has 4 unspecified atom stereocenters. The SMILES string of the molecule is CCCNC(COCC(F)(F)F)C1CCC(C)C(C)C1. The fourth-order valence-electron chi connectivity index (χ4n) is 2.95. The molecule has 0 aliphatic heterocycles. The Labute approximate surface area is 120 Å². The van der Waals surface area contributed by atoms with Crippen LogP contribution in [-0.2, 0) is 4.74 Å². The van der Waals surface area contributed by atoms with Crippen molar-refractivity contribution in [3.63, 3.8) is 0 Å². The van der Waals surface area contributed by atoms with E-state index in [1.807, 2.05) is 0 Å². The molecule has 0 aromatic carbocycles. The fraction of sp³-hybridized carbons (Fsp3) is 1.00. The lowest BCUT2D eigenvalue weighted by molar-refractivity contribution is -0.176. The van der Waals surface area contributed by atoms with Gasteiger partial charge >= 0.3 is 6.18 Å². The second-order valence-electron chi connectivity index (χ2n) is 6.22. The van der Waals surface area contributed by atoms with E-state index in [1.54, 1.807) is 0 Å². The number of rotatable bonds is 7. The van der Waals surface area contributed by atoms with E-state index >= 15 is 0 Å². The number of ether oxygens (including phenoxy) is 1. The summed E-state index contributed by atoms with van der Waals surface area (Å²) in [5.74, 6) is 1.79. The minimum atomic E-state index is -4.23. The second-order valence-corrected chi connectivity index (χ2v) is 6.22. The first kappa shape index (κ1) is 17.8. The van der Waals surface area contributed by atoms with Crippen LogP contribution in [0, 0.1) is 17.8 Å². The Balaban J connectivity index is 2.46. The summed E-state index contributed by atoms with van der Waals surface area (Å²) < 4.78 is 41.4. The molecule has 120 valence electrons. The highest BCUT2D eigenvalue weighted by molar-refractivity contribution is 4.83. The smallest absolute Gasteiger partial charge is 0.370 e. The molecule has 0 spiro atoms. The highest BCUT2D eigenvalue weighted by Gasteiger charge is 2.32. The van der Waals surface area contributed by atoms with Crippen LogP contribution in [0.15, 0.2) is 0 Å². The van der Waals surface area contributed by atoms with E-state index in [4.69, 9.17) is 4.74 Å². The summed E-state index contributed by atoms with van der Waals surface area (Å²) in [7, 11) is 0. The van der Waals surface area contributed by atoms with Crippen LogP contribution >= 0.6 is 0 Å². The lowest BCUT2D eigenvalue weighted by Gasteiger charge is -2.37. The van der Waals surface area contributed by atoms with Crippen LogP contribution in [0.2, 0.25) is 0 Å². The van der Waals surface area contributed by atoms with E-state index in [9.17, 15) is 13.2 Å². The fourth-order valence-corrected chi connectivity index (χ4v) is 2.95. The van der Waals surface area contributed by atoms with Crippen molar-refractivity contribution < 1.29 is 17.9 Å². The number of hydrogen-bond donors (Lipinski definition) is 1. The minimum Gasteiger partial charge on any atom is -0.370 e. The van der Waals surface area contributed by atoms with Gasteiger partial charge in [0, 0.05) is 6.04 Å². The van der Waals surface area contributed by atoms with Gasteiger partial charge in [0.05, 0.1) is 6.61 Å². The summed E-state index contributed by atoms with van der Waals surface area (Å²) in [5, 5.41) is 3.37. The molecule has 1 rings (SSSR count). The molecular weight excluding hydrogens is 267 g/mol. The van der Waals surface area contributed by atoms with Gasteiger partial charge in [-0.25, -0.2) is 0 Å². The van der Waals surface area contributed by atoms with Crippen molar-refractivity contribution in [3.05, 3.63) is 0 Å². The van der Waals surface area contributed by atoms with Crippen molar-refractivity contribution in [1.29, 1.82) is 0 Å². The average Bonchev–Trinajstić information content (AvgIpc) is 2.35. The first-order valence-electron chi connectivity index (χ1n) is 7.71. The molecule has 0 saturated heterocycles.